The van der Waals surface area contributed by atoms with E-state index in [9.17, 15) is 0 Å². The summed E-state index contributed by atoms with van der Waals surface area (Å²) in [6.07, 6.45) is 9.13. The highest BCUT2D eigenvalue weighted by Crippen LogP contribution is 2.40. The SMILES string of the molecule is CCN1CCN(c2nc(C=Cc3ccc(Br)cc3)nc3sc4c(c23)CCCC4)CC1. The van der Waals surface area contributed by atoms with Crippen molar-refractivity contribution in [2.75, 3.05) is 37.6 Å². The minimum absolute atomic E-state index is 0.817. The van der Waals surface area contributed by atoms with Crippen LogP contribution in [0.4, 0.5) is 5.82 Å². The number of benzene rings is 1. The Kier molecular flexibility index (Phi) is 5.89. The number of halogens is 1. The molecule has 1 fully saturated rings. The van der Waals surface area contributed by atoms with Gasteiger partial charge in [0.25, 0.3) is 0 Å². The summed E-state index contributed by atoms with van der Waals surface area (Å²) in [5.41, 5.74) is 2.68. The third kappa shape index (κ3) is 4.05. The van der Waals surface area contributed by atoms with Crippen molar-refractivity contribution in [2.24, 2.45) is 0 Å². The molecular formula is C24H27BrN4S. The summed E-state index contributed by atoms with van der Waals surface area (Å²) in [5.74, 6) is 1.97. The van der Waals surface area contributed by atoms with E-state index in [-0.39, 0.29) is 0 Å². The normalized spacial score (nSPS) is 17.7. The number of hydrogen-bond donors (Lipinski definition) is 0. The molecule has 0 radical (unpaired) electrons. The highest BCUT2D eigenvalue weighted by molar-refractivity contribution is 9.10. The van der Waals surface area contributed by atoms with Crippen LogP contribution >= 0.6 is 27.3 Å². The third-order valence-electron chi connectivity index (χ3n) is 6.23. The van der Waals surface area contributed by atoms with Crippen LogP contribution in [0, 0.1) is 0 Å². The number of aryl methyl sites for hydroxylation is 2. The Hall–Kier alpha value is -1.76. The van der Waals surface area contributed by atoms with Crippen LogP contribution < -0.4 is 4.90 Å². The van der Waals surface area contributed by atoms with Gasteiger partial charge in [0.15, 0.2) is 5.82 Å². The Bertz CT molecular complexity index is 1060. The molecule has 6 heteroatoms. The number of anilines is 1. The zero-order valence-corrected chi connectivity index (χ0v) is 19.8. The second kappa shape index (κ2) is 8.77. The molecule has 2 aromatic heterocycles. The first-order valence-corrected chi connectivity index (χ1v) is 12.6. The Morgan fingerprint density at radius 2 is 1.77 bits per heavy atom. The number of fused-ring (bicyclic) bond motifs is 3. The maximum Gasteiger partial charge on any atom is 0.155 e. The van der Waals surface area contributed by atoms with Crippen molar-refractivity contribution >= 4 is 55.5 Å². The topological polar surface area (TPSA) is 32.3 Å². The predicted octanol–water partition coefficient (Wildman–Crippen LogP) is 5.64. The summed E-state index contributed by atoms with van der Waals surface area (Å²) in [4.78, 5) is 17.8. The van der Waals surface area contributed by atoms with Crippen LogP contribution in [-0.2, 0) is 12.8 Å². The molecule has 3 heterocycles. The van der Waals surface area contributed by atoms with Gasteiger partial charge in [-0.3, -0.25) is 0 Å². The first-order valence-electron chi connectivity index (χ1n) is 10.9. The summed E-state index contributed by atoms with van der Waals surface area (Å²) in [5, 5.41) is 1.33. The van der Waals surface area contributed by atoms with E-state index in [2.05, 4.69) is 69.1 Å². The molecule has 0 unspecified atom stereocenters. The lowest BCUT2D eigenvalue weighted by atomic mass is 9.97. The van der Waals surface area contributed by atoms with Gasteiger partial charge in [0, 0.05) is 35.5 Å². The van der Waals surface area contributed by atoms with Gasteiger partial charge in [-0.05, 0) is 61.6 Å². The van der Waals surface area contributed by atoms with Crippen molar-refractivity contribution in [1.82, 2.24) is 14.9 Å². The summed E-state index contributed by atoms with van der Waals surface area (Å²) in [6, 6.07) is 8.34. The van der Waals surface area contributed by atoms with Crippen molar-refractivity contribution in [3.05, 3.63) is 50.6 Å². The molecule has 0 N–H and O–H groups in total. The lowest BCUT2D eigenvalue weighted by molar-refractivity contribution is 0.270. The van der Waals surface area contributed by atoms with Crippen molar-refractivity contribution < 1.29 is 0 Å². The van der Waals surface area contributed by atoms with Crippen LogP contribution in [0.1, 0.15) is 41.6 Å². The van der Waals surface area contributed by atoms with E-state index in [1.54, 1.807) is 0 Å². The number of nitrogens with zero attached hydrogens (tertiary/aromatic N) is 4. The molecule has 30 heavy (non-hydrogen) atoms. The number of rotatable bonds is 4. The molecule has 0 bridgehead atoms. The average molecular weight is 483 g/mol. The minimum Gasteiger partial charge on any atom is -0.353 e. The predicted molar refractivity (Wildman–Crippen MR) is 131 cm³/mol. The molecule has 0 atom stereocenters. The summed E-state index contributed by atoms with van der Waals surface area (Å²) in [6.45, 7) is 7.68. The number of aromatic nitrogens is 2. The molecule has 1 aromatic carbocycles. The fourth-order valence-electron chi connectivity index (χ4n) is 4.48. The molecule has 4 nitrogen and oxygen atoms in total. The largest absolute Gasteiger partial charge is 0.353 e. The van der Waals surface area contributed by atoms with Crippen LogP contribution in [0.25, 0.3) is 22.4 Å². The molecule has 1 aliphatic carbocycles. The van der Waals surface area contributed by atoms with Gasteiger partial charge in [-0.15, -0.1) is 11.3 Å². The molecule has 3 aromatic rings. The monoisotopic (exact) mass is 482 g/mol. The molecule has 1 saturated heterocycles. The van der Waals surface area contributed by atoms with E-state index in [1.807, 2.05) is 11.3 Å². The Balaban J connectivity index is 1.55. The van der Waals surface area contributed by atoms with Crippen LogP contribution in [0.15, 0.2) is 28.7 Å². The quantitative estimate of drug-likeness (QED) is 0.481. The van der Waals surface area contributed by atoms with E-state index < -0.39 is 0 Å². The standard InChI is InChI=1S/C24H27BrN4S/c1-2-28-13-15-29(16-14-28)23-22-19-5-3-4-6-20(19)30-24(22)27-21(26-23)12-9-17-7-10-18(25)11-8-17/h7-12H,2-6,13-16H2,1H3. The van der Waals surface area contributed by atoms with Crippen molar-refractivity contribution in [3.8, 4) is 0 Å². The third-order valence-corrected chi connectivity index (χ3v) is 7.94. The zero-order chi connectivity index (χ0) is 20.5. The van der Waals surface area contributed by atoms with E-state index >= 15 is 0 Å². The minimum atomic E-state index is 0.817. The van der Waals surface area contributed by atoms with Gasteiger partial charge in [-0.1, -0.05) is 41.1 Å². The summed E-state index contributed by atoms with van der Waals surface area (Å²) in [7, 11) is 0. The molecular weight excluding hydrogens is 456 g/mol. The Morgan fingerprint density at radius 3 is 2.53 bits per heavy atom. The number of piperazine rings is 1. The molecule has 1 aliphatic heterocycles. The summed E-state index contributed by atoms with van der Waals surface area (Å²) >= 11 is 5.40. The van der Waals surface area contributed by atoms with E-state index in [0.717, 1.165) is 54.4 Å². The smallest absolute Gasteiger partial charge is 0.155 e. The van der Waals surface area contributed by atoms with Gasteiger partial charge in [0.05, 0.1) is 5.39 Å². The molecule has 0 spiro atoms. The number of likely N-dealkylation sites (N-methyl/N-ethyl adjacent to an activating group) is 1. The lowest BCUT2D eigenvalue weighted by Crippen LogP contribution is -2.46. The van der Waals surface area contributed by atoms with E-state index in [4.69, 9.17) is 9.97 Å². The highest BCUT2D eigenvalue weighted by atomic mass is 79.9. The van der Waals surface area contributed by atoms with Crippen LogP contribution in [0.5, 0.6) is 0 Å². The van der Waals surface area contributed by atoms with Gasteiger partial charge in [-0.25, -0.2) is 9.97 Å². The van der Waals surface area contributed by atoms with Gasteiger partial charge < -0.3 is 9.80 Å². The van der Waals surface area contributed by atoms with Gasteiger partial charge >= 0.3 is 0 Å². The molecule has 0 amide bonds. The molecule has 0 saturated carbocycles. The molecule has 2 aliphatic rings. The van der Waals surface area contributed by atoms with Crippen molar-refractivity contribution in [1.29, 1.82) is 0 Å². The maximum atomic E-state index is 5.10. The summed E-state index contributed by atoms with van der Waals surface area (Å²) < 4.78 is 1.09. The average Bonchev–Trinajstić information content (AvgIpc) is 3.17. The fraction of sp³-hybridized carbons (Fsp3) is 0.417. The van der Waals surface area contributed by atoms with E-state index in [1.165, 1.54) is 46.3 Å². The van der Waals surface area contributed by atoms with E-state index in [0.29, 0.717) is 0 Å². The fourth-order valence-corrected chi connectivity index (χ4v) is 6.01. The highest BCUT2D eigenvalue weighted by Gasteiger charge is 2.25. The Labute approximate surface area is 190 Å². The van der Waals surface area contributed by atoms with Crippen LogP contribution in [-0.4, -0.2) is 47.6 Å². The van der Waals surface area contributed by atoms with Crippen LogP contribution in [0.3, 0.4) is 0 Å². The molecule has 5 rings (SSSR count). The van der Waals surface area contributed by atoms with Gasteiger partial charge in [0.2, 0.25) is 0 Å². The van der Waals surface area contributed by atoms with Crippen molar-refractivity contribution in [2.45, 2.75) is 32.6 Å². The van der Waals surface area contributed by atoms with Crippen LogP contribution in [0.2, 0.25) is 0 Å². The lowest BCUT2D eigenvalue weighted by Gasteiger charge is -2.35. The second-order valence-electron chi connectivity index (χ2n) is 8.10. The maximum absolute atomic E-state index is 5.10. The van der Waals surface area contributed by atoms with Crippen molar-refractivity contribution in [3.63, 3.8) is 0 Å². The first-order chi connectivity index (χ1) is 14.7. The second-order valence-corrected chi connectivity index (χ2v) is 10.1. The number of thiophene rings is 1. The molecule has 156 valence electrons. The van der Waals surface area contributed by atoms with Gasteiger partial charge in [-0.2, -0.15) is 0 Å². The number of hydrogen-bond acceptors (Lipinski definition) is 5. The Morgan fingerprint density at radius 1 is 1.00 bits per heavy atom. The van der Waals surface area contributed by atoms with Gasteiger partial charge in [0.1, 0.15) is 10.6 Å². The zero-order valence-electron chi connectivity index (χ0n) is 17.4. The first kappa shape index (κ1) is 20.2.